The standard InChI is InChI=1S/C28H29F2N7O4S/c1-17(2)42-19-4-5-23(41-28(29)30)20(12-19)25-22(33-27(40)21-13-32-37-9-3-8-31-26(21)37)14-36(34-25)15-24(39)35-10-6-18(16-38)7-11-35/h3-5,8-9,12-14,16-18,28H,6-7,10-11,15H2,1-2H3,(H,33,40). The summed E-state index contributed by atoms with van der Waals surface area (Å²) >= 11 is 1.52. The highest BCUT2D eigenvalue weighted by molar-refractivity contribution is 7.99. The van der Waals surface area contributed by atoms with Crippen molar-refractivity contribution in [1.82, 2.24) is 29.3 Å². The van der Waals surface area contributed by atoms with Crippen molar-refractivity contribution in [3.63, 3.8) is 0 Å². The number of piperidine rings is 1. The Kier molecular flexibility index (Phi) is 8.80. The highest BCUT2D eigenvalue weighted by atomic mass is 32.2. The number of hydrogen-bond donors (Lipinski definition) is 1. The van der Waals surface area contributed by atoms with Crippen LogP contribution in [0.1, 0.15) is 37.0 Å². The minimum absolute atomic E-state index is 0.0641. The molecule has 1 saturated heterocycles. The highest BCUT2D eigenvalue weighted by Crippen LogP contribution is 2.39. The molecule has 1 aromatic carbocycles. The summed E-state index contributed by atoms with van der Waals surface area (Å²) < 4.78 is 34.4. The molecule has 5 rings (SSSR count). The molecule has 1 N–H and O–H groups in total. The third-order valence-corrected chi connectivity index (χ3v) is 7.71. The van der Waals surface area contributed by atoms with Gasteiger partial charge in [-0.3, -0.25) is 14.3 Å². The lowest BCUT2D eigenvalue weighted by atomic mass is 9.99. The van der Waals surface area contributed by atoms with Crippen molar-refractivity contribution in [2.75, 3.05) is 18.4 Å². The zero-order chi connectivity index (χ0) is 29.8. The van der Waals surface area contributed by atoms with E-state index < -0.39 is 12.5 Å². The van der Waals surface area contributed by atoms with Gasteiger partial charge in [-0.05, 0) is 37.1 Å². The minimum Gasteiger partial charge on any atom is -0.434 e. The number of carbonyl (C=O) groups is 3. The van der Waals surface area contributed by atoms with E-state index >= 15 is 0 Å². The second kappa shape index (κ2) is 12.7. The number of fused-ring (bicyclic) bond motifs is 1. The quantitative estimate of drug-likeness (QED) is 0.211. The maximum atomic E-state index is 13.4. The molecule has 0 atom stereocenters. The predicted molar refractivity (Wildman–Crippen MR) is 152 cm³/mol. The van der Waals surface area contributed by atoms with Crippen molar-refractivity contribution in [2.24, 2.45) is 5.92 Å². The zero-order valence-corrected chi connectivity index (χ0v) is 23.8. The fourth-order valence-electron chi connectivity index (χ4n) is 4.73. The molecule has 14 heteroatoms. The maximum Gasteiger partial charge on any atom is 0.387 e. The third kappa shape index (κ3) is 6.59. The van der Waals surface area contributed by atoms with Crippen LogP contribution in [-0.2, 0) is 16.1 Å². The number of anilines is 1. The van der Waals surface area contributed by atoms with E-state index in [2.05, 4.69) is 20.5 Å². The first kappa shape index (κ1) is 29.2. The summed E-state index contributed by atoms with van der Waals surface area (Å²) in [5, 5.41) is 11.7. The molecule has 4 heterocycles. The average Bonchev–Trinajstić information content (AvgIpc) is 3.57. The van der Waals surface area contributed by atoms with Gasteiger partial charge in [0.1, 0.15) is 29.8 Å². The second-order valence-corrected chi connectivity index (χ2v) is 11.7. The Morgan fingerprint density at radius 2 is 2.02 bits per heavy atom. The Morgan fingerprint density at radius 3 is 2.74 bits per heavy atom. The van der Waals surface area contributed by atoms with E-state index in [-0.39, 0.29) is 51.9 Å². The molecule has 1 fully saturated rings. The number of alkyl halides is 2. The normalized spacial score (nSPS) is 14.1. The van der Waals surface area contributed by atoms with Gasteiger partial charge in [-0.15, -0.1) is 11.8 Å². The van der Waals surface area contributed by atoms with Crippen LogP contribution >= 0.6 is 11.8 Å². The molecular formula is C28H29F2N7O4S. The Bertz CT molecular complexity index is 1600. The lowest BCUT2D eigenvalue weighted by molar-refractivity contribution is -0.134. The lowest BCUT2D eigenvalue weighted by Gasteiger charge is -2.29. The Morgan fingerprint density at radius 1 is 1.24 bits per heavy atom. The molecule has 1 aliphatic heterocycles. The van der Waals surface area contributed by atoms with Gasteiger partial charge < -0.3 is 19.7 Å². The molecule has 42 heavy (non-hydrogen) atoms. The fraction of sp³-hybridized carbons (Fsp3) is 0.357. The first-order valence-corrected chi connectivity index (χ1v) is 14.3. The SMILES string of the molecule is CC(C)Sc1ccc(OC(F)F)c(-c2nn(CC(=O)N3CCC(C=O)CC3)cc2NC(=O)c2cnn3cccnc23)c1. The maximum absolute atomic E-state index is 13.4. The van der Waals surface area contributed by atoms with Crippen LogP contribution in [0.2, 0.25) is 0 Å². The molecule has 0 unspecified atom stereocenters. The molecule has 11 nitrogen and oxygen atoms in total. The van der Waals surface area contributed by atoms with E-state index in [1.807, 2.05) is 13.8 Å². The van der Waals surface area contributed by atoms with Crippen LogP contribution in [0.3, 0.4) is 0 Å². The number of benzene rings is 1. The summed E-state index contributed by atoms with van der Waals surface area (Å²) in [6, 6.07) is 6.47. The molecule has 0 radical (unpaired) electrons. The van der Waals surface area contributed by atoms with Gasteiger partial charge in [0, 0.05) is 53.3 Å². The van der Waals surface area contributed by atoms with E-state index in [4.69, 9.17) is 4.74 Å². The molecule has 1 aliphatic rings. The molecule has 3 aromatic heterocycles. The summed E-state index contributed by atoms with van der Waals surface area (Å²) in [5.41, 5.74) is 1.09. The van der Waals surface area contributed by atoms with Crippen molar-refractivity contribution in [3.8, 4) is 17.0 Å². The van der Waals surface area contributed by atoms with Gasteiger partial charge in [0.2, 0.25) is 5.91 Å². The van der Waals surface area contributed by atoms with Crippen LogP contribution in [0.15, 0.2) is 53.9 Å². The zero-order valence-electron chi connectivity index (χ0n) is 22.9. The molecule has 0 saturated carbocycles. The van der Waals surface area contributed by atoms with Crippen molar-refractivity contribution < 1.29 is 27.9 Å². The fourth-order valence-corrected chi connectivity index (χ4v) is 5.61. The van der Waals surface area contributed by atoms with Gasteiger partial charge in [-0.25, -0.2) is 9.50 Å². The van der Waals surface area contributed by atoms with Crippen LogP contribution < -0.4 is 10.1 Å². The van der Waals surface area contributed by atoms with E-state index in [0.29, 0.717) is 31.6 Å². The molecule has 0 aliphatic carbocycles. The summed E-state index contributed by atoms with van der Waals surface area (Å²) in [6.45, 7) is 1.65. The average molecular weight is 598 g/mol. The number of ether oxygens (including phenoxy) is 1. The Hall–Kier alpha value is -4.33. The van der Waals surface area contributed by atoms with Gasteiger partial charge >= 0.3 is 6.61 Å². The van der Waals surface area contributed by atoms with E-state index in [0.717, 1.165) is 11.2 Å². The van der Waals surface area contributed by atoms with E-state index in [1.165, 1.54) is 45.6 Å². The summed E-state index contributed by atoms with van der Waals surface area (Å²) in [7, 11) is 0. The second-order valence-electron chi connectivity index (χ2n) is 10.0. The molecule has 0 bridgehead atoms. The number of carbonyl (C=O) groups excluding carboxylic acids is 3. The largest absolute Gasteiger partial charge is 0.434 e. The number of nitrogens with one attached hydrogen (secondary N) is 1. The van der Waals surface area contributed by atoms with Gasteiger partial charge in [-0.1, -0.05) is 13.8 Å². The number of aromatic nitrogens is 5. The first-order valence-electron chi connectivity index (χ1n) is 13.4. The summed E-state index contributed by atoms with van der Waals surface area (Å²) in [5.74, 6) is -0.952. The van der Waals surface area contributed by atoms with Gasteiger partial charge in [0.25, 0.3) is 5.91 Å². The van der Waals surface area contributed by atoms with Crippen molar-refractivity contribution in [1.29, 1.82) is 0 Å². The number of thioether (sulfide) groups is 1. The first-order chi connectivity index (χ1) is 20.2. The van der Waals surface area contributed by atoms with Gasteiger partial charge in [0.05, 0.1) is 11.9 Å². The summed E-state index contributed by atoms with van der Waals surface area (Å²) in [4.78, 5) is 44.3. The lowest BCUT2D eigenvalue weighted by Crippen LogP contribution is -2.40. The minimum atomic E-state index is -3.09. The Balaban J connectivity index is 1.51. The number of hydrogen-bond acceptors (Lipinski definition) is 8. The smallest absolute Gasteiger partial charge is 0.387 e. The molecule has 4 aromatic rings. The van der Waals surface area contributed by atoms with Crippen LogP contribution in [0.25, 0.3) is 16.9 Å². The van der Waals surface area contributed by atoms with Crippen molar-refractivity contribution >= 4 is 41.2 Å². The predicted octanol–water partition coefficient (Wildman–Crippen LogP) is 4.38. The molecule has 220 valence electrons. The van der Waals surface area contributed by atoms with Crippen molar-refractivity contribution in [3.05, 3.63) is 54.6 Å². The van der Waals surface area contributed by atoms with Crippen LogP contribution in [0, 0.1) is 5.92 Å². The van der Waals surface area contributed by atoms with Gasteiger partial charge in [0.15, 0.2) is 5.65 Å². The number of nitrogens with zero attached hydrogens (tertiary/aromatic N) is 6. The van der Waals surface area contributed by atoms with E-state index in [1.54, 1.807) is 29.3 Å². The number of rotatable bonds is 10. The van der Waals surface area contributed by atoms with Crippen LogP contribution in [0.5, 0.6) is 5.75 Å². The highest BCUT2D eigenvalue weighted by Gasteiger charge is 2.26. The van der Waals surface area contributed by atoms with Crippen LogP contribution in [-0.4, -0.2) is 72.3 Å². The molecule has 2 amide bonds. The summed E-state index contributed by atoms with van der Waals surface area (Å²) in [6.07, 6.45) is 8.13. The van der Waals surface area contributed by atoms with Gasteiger partial charge in [-0.2, -0.15) is 19.0 Å². The third-order valence-electron chi connectivity index (χ3n) is 6.71. The number of aldehydes is 1. The van der Waals surface area contributed by atoms with Crippen molar-refractivity contribution in [2.45, 2.75) is 50.0 Å². The number of halogens is 2. The molecule has 0 spiro atoms. The molecular weight excluding hydrogens is 568 g/mol. The Labute approximate surface area is 244 Å². The van der Waals surface area contributed by atoms with E-state index in [9.17, 15) is 23.2 Å². The monoisotopic (exact) mass is 597 g/mol. The number of amides is 2. The van der Waals surface area contributed by atoms with Crippen LogP contribution in [0.4, 0.5) is 14.5 Å². The topological polar surface area (TPSA) is 124 Å². The number of likely N-dealkylation sites (tertiary alicyclic amines) is 1.